The second-order valence-electron chi connectivity index (χ2n) is 5.53. The topological polar surface area (TPSA) is 66.5 Å². The second-order valence-corrected chi connectivity index (χ2v) is 7.68. The van der Waals surface area contributed by atoms with Crippen molar-refractivity contribution in [2.45, 2.75) is 17.7 Å². The Balaban J connectivity index is 1.74. The van der Waals surface area contributed by atoms with Crippen LogP contribution in [0.2, 0.25) is 5.02 Å². The molecule has 0 saturated carbocycles. The third-order valence-electron chi connectivity index (χ3n) is 3.95. The molecule has 0 spiro atoms. The average molecular weight is 365 g/mol. The Morgan fingerprint density at radius 1 is 1.12 bits per heavy atom. The maximum absolute atomic E-state index is 12.5. The van der Waals surface area contributed by atoms with Crippen molar-refractivity contribution in [1.29, 1.82) is 0 Å². The fraction of sp³-hybridized carbons (Fsp3) is 0.235. The number of hydrogen-bond donors (Lipinski definition) is 1. The molecule has 1 aliphatic heterocycles. The first-order valence-electron chi connectivity index (χ1n) is 7.61. The maximum atomic E-state index is 12.5. The van der Waals surface area contributed by atoms with Gasteiger partial charge in [-0.25, -0.2) is 13.1 Å². The zero-order chi connectivity index (χ0) is 17.2. The zero-order valence-electron chi connectivity index (χ0n) is 12.9. The predicted octanol–water partition coefficient (Wildman–Crippen LogP) is 2.60. The number of rotatable bonds is 4. The lowest BCUT2D eigenvalue weighted by atomic mass is 10.0. The van der Waals surface area contributed by atoms with Gasteiger partial charge < -0.3 is 4.90 Å². The standard InChI is InChI=1S/C17H17ClN2O3S/c18-14-8-2-4-10-16(14)24(22,23)19-12-17(21)20-11-5-7-13-6-1-3-9-15(13)20/h1-4,6,8-10,19H,5,7,11-12H2. The summed E-state index contributed by atoms with van der Waals surface area (Å²) in [6, 6.07) is 13.8. The highest BCUT2D eigenvalue weighted by Crippen LogP contribution is 2.26. The fourth-order valence-electron chi connectivity index (χ4n) is 2.79. The number of carbonyl (C=O) groups excluding carboxylic acids is 1. The average Bonchev–Trinajstić information content (AvgIpc) is 2.59. The molecule has 0 aromatic heterocycles. The van der Waals surface area contributed by atoms with Crippen molar-refractivity contribution in [1.82, 2.24) is 4.72 Å². The highest BCUT2D eigenvalue weighted by molar-refractivity contribution is 7.89. The van der Waals surface area contributed by atoms with Crippen molar-refractivity contribution in [3.63, 3.8) is 0 Å². The number of halogens is 1. The molecule has 0 bridgehead atoms. The number of para-hydroxylation sites is 1. The van der Waals surface area contributed by atoms with Crippen LogP contribution in [0.4, 0.5) is 5.69 Å². The van der Waals surface area contributed by atoms with Gasteiger partial charge in [-0.2, -0.15) is 0 Å². The van der Waals surface area contributed by atoms with Gasteiger partial charge in [0.1, 0.15) is 4.90 Å². The van der Waals surface area contributed by atoms with Crippen molar-refractivity contribution < 1.29 is 13.2 Å². The van der Waals surface area contributed by atoms with Crippen molar-refractivity contribution >= 4 is 33.2 Å². The van der Waals surface area contributed by atoms with Crippen LogP contribution < -0.4 is 9.62 Å². The Morgan fingerprint density at radius 2 is 1.83 bits per heavy atom. The summed E-state index contributed by atoms with van der Waals surface area (Å²) in [5, 5.41) is 0.126. The first-order chi connectivity index (χ1) is 11.5. The number of hydrogen-bond acceptors (Lipinski definition) is 3. The molecule has 126 valence electrons. The molecular formula is C17H17ClN2O3S. The van der Waals surface area contributed by atoms with Crippen LogP contribution in [0, 0.1) is 0 Å². The molecule has 1 amide bonds. The zero-order valence-corrected chi connectivity index (χ0v) is 14.5. The van der Waals surface area contributed by atoms with E-state index >= 15 is 0 Å². The Bertz CT molecular complexity index is 868. The number of amides is 1. The Kier molecular flexibility index (Phi) is 4.89. The van der Waals surface area contributed by atoms with E-state index in [1.54, 1.807) is 17.0 Å². The molecule has 24 heavy (non-hydrogen) atoms. The molecule has 0 saturated heterocycles. The Hall–Kier alpha value is -1.89. The van der Waals surface area contributed by atoms with Gasteiger partial charge >= 0.3 is 0 Å². The summed E-state index contributed by atoms with van der Waals surface area (Å²) in [6.07, 6.45) is 1.78. The first-order valence-corrected chi connectivity index (χ1v) is 9.47. The Morgan fingerprint density at radius 3 is 2.62 bits per heavy atom. The van der Waals surface area contributed by atoms with Crippen LogP contribution in [0.3, 0.4) is 0 Å². The summed E-state index contributed by atoms with van der Waals surface area (Å²) in [5.41, 5.74) is 1.96. The van der Waals surface area contributed by atoms with E-state index in [9.17, 15) is 13.2 Å². The molecule has 2 aromatic rings. The summed E-state index contributed by atoms with van der Waals surface area (Å²) < 4.78 is 27.0. The number of nitrogens with one attached hydrogen (secondary N) is 1. The minimum absolute atomic E-state index is 0.0292. The predicted molar refractivity (Wildman–Crippen MR) is 93.8 cm³/mol. The summed E-state index contributed by atoms with van der Waals surface area (Å²) in [7, 11) is -3.83. The fourth-order valence-corrected chi connectivity index (χ4v) is 4.28. The van der Waals surface area contributed by atoms with Crippen LogP contribution in [-0.2, 0) is 21.2 Å². The first kappa shape index (κ1) is 17.0. The molecule has 1 N–H and O–H groups in total. The number of sulfonamides is 1. The van der Waals surface area contributed by atoms with E-state index in [1.165, 1.54) is 12.1 Å². The molecule has 0 radical (unpaired) electrons. The number of anilines is 1. The van der Waals surface area contributed by atoms with E-state index in [0.717, 1.165) is 24.1 Å². The van der Waals surface area contributed by atoms with Crippen LogP contribution in [0.15, 0.2) is 53.4 Å². The third kappa shape index (κ3) is 3.45. The molecule has 0 atom stereocenters. The minimum atomic E-state index is -3.83. The highest BCUT2D eigenvalue weighted by atomic mass is 35.5. The normalized spacial score (nSPS) is 14.3. The van der Waals surface area contributed by atoms with Gasteiger partial charge in [-0.05, 0) is 36.6 Å². The van der Waals surface area contributed by atoms with E-state index in [-0.39, 0.29) is 22.4 Å². The second kappa shape index (κ2) is 6.93. The van der Waals surface area contributed by atoms with Crippen LogP contribution in [0.1, 0.15) is 12.0 Å². The quantitative estimate of drug-likeness (QED) is 0.906. The van der Waals surface area contributed by atoms with Crippen LogP contribution in [0.25, 0.3) is 0 Å². The van der Waals surface area contributed by atoms with Gasteiger partial charge in [0.25, 0.3) is 0 Å². The van der Waals surface area contributed by atoms with Gasteiger partial charge in [0.2, 0.25) is 15.9 Å². The van der Waals surface area contributed by atoms with E-state index in [1.807, 2.05) is 24.3 Å². The maximum Gasteiger partial charge on any atom is 0.242 e. The van der Waals surface area contributed by atoms with Crippen molar-refractivity contribution in [3.05, 3.63) is 59.1 Å². The summed E-state index contributed by atoms with van der Waals surface area (Å²) >= 11 is 5.93. The minimum Gasteiger partial charge on any atom is -0.311 e. The van der Waals surface area contributed by atoms with Gasteiger partial charge in [-0.15, -0.1) is 0 Å². The van der Waals surface area contributed by atoms with Crippen LogP contribution in [0.5, 0.6) is 0 Å². The molecule has 0 aliphatic carbocycles. The number of aryl methyl sites for hydroxylation is 1. The number of carbonyl (C=O) groups is 1. The number of benzene rings is 2. The lowest BCUT2D eigenvalue weighted by Gasteiger charge is -2.29. The molecule has 2 aromatic carbocycles. The molecule has 1 heterocycles. The molecule has 1 aliphatic rings. The number of nitrogens with zero attached hydrogens (tertiary/aromatic N) is 1. The van der Waals surface area contributed by atoms with Crippen molar-refractivity contribution in [2.24, 2.45) is 0 Å². The highest BCUT2D eigenvalue weighted by Gasteiger charge is 2.24. The smallest absolute Gasteiger partial charge is 0.242 e. The van der Waals surface area contributed by atoms with Crippen LogP contribution in [-0.4, -0.2) is 27.4 Å². The third-order valence-corrected chi connectivity index (χ3v) is 5.85. The molecule has 5 nitrogen and oxygen atoms in total. The monoisotopic (exact) mass is 364 g/mol. The van der Waals surface area contributed by atoms with E-state index in [4.69, 9.17) is 11.6 Å². The van der Waals surface area contributed by atoms with Gasteiger partial charge in [0.15, 0.2) is 0 Å². The SMILES string of the molecule is O=C(CNS(=O)(=O)c1ccccc1Cl)N1CCCc2ccccc21. The summed E-state index contributed by atoms with van der Waals surface area (Å²) in [4.78, 5) is 14.1. The van der Waals surface area contributed by atoms with Gasteiger partial charge in [0.05, 0.1) is 11.6 Å². The van der Waals surface area contributed by atoms with E-state index in [0.29, 0.717) is 6.54 Å². The Labute approximate surface area is 146 Å². The van der Waals surface area contributed by atoms with Gasteiger partial charge in [-0.1, -0.05) is 41.9 Å². The molecule has 0 unspecified atom stereocenters. The summed E-state index contributed by atoms with van der Waals surface area (Å²) in [5.74, 6) is -0.280. The molecular weight excluding hydrogens is 348 g/mol. The molecule has 0 fully saturated rings. The molecule has 3 rings (SSSR count). The number of fused-ring (bicyclic) bond motifs is 1. The van der Waals surface area contributed by atoms with E-state index < -0.39 is 10.0 Å². The van der Waals surface area contributed by atoms with Crippen molar-refractivity contribution in [3.8, 4) is 0 Å². The van der Waals surface area contributed by atoms with Gasteiger partial charge in [0, 0.05) is 12.2 Å². The lowest BCUT2D eigenvalue weighted by Crippen LogP contribution is -2.42. The van der Waals surface area contributed by atoms with E-state index in [2.05, 4.69) is 4.72 Å². The summed E-state index contributed by atoms with van der Waals surface area (Å²) in [6.45, 7) is 0.283. The molecule has 7 heteroatoms. The lowest BCUT2D eigenvalue weighted by molar-refractivity contribution is -0.117. The van der Waals surface area contributed by atoms with Crippen molar-refractivity contribution in [2.75, 3.05) is 18.0 Å². The largest absolute Gasteiger partial charge is 0.311 e. The van der Waals surface area contributed by atoms with Gasteiger partial charge in [-0.3, -0.25) is 4.79 Å². The van der Waals surface area contributed by atoms with Crippen LogP contribution >= 0.6 is 11.6 Å².